The Morgan fingerprint density at radius 2 is 1.93 bits per heavy atom. The molecule has 0 bridgehead atoms. The van der Waals surface area contributed by atoms with Gasteiger partial charge < -0.3 is 9.73 Å². The predicted molar refractivity (Wildman–Crippen MR) is 121 cm³/mol. The molecule has 30 heavy (non-hydrogen) atoms. The number of benzene rings is 1. The first-order chi connectivity index (χ1) is 14.2. The maximum Gasteiger partial charge on any atom is 0.267 e. The molecule has 7 nitrogen and oxygen atoms in total. The van der Waals surface area contributed by atoms with E-state index >= 15 is 0 Å². The zero-order chi connectivity index (χ0) is 21.5. The van der Waals surface area contributed by atoms with Crippen LogP contribution >= 0.6 is 23.1 Å². The minimum atomic E-state index is -3.69. The number of carbonyl (C=O) groups excluding carboxylic acids is 1. The fourth-order valence-corrected chi connectivity index (χ4v) is 6.98. The number of carbonyl (C=O) groups is 1. The quantitative estimate of drug-likeness (QED) is 0.621. The van der Waals surface area contributed by atoms with E-state index in [0.717, 1.165) is 22.8 Å². The van der Waals surface area contributed by atoms with Crippen molar-refractivity contribution in [2.24, 2.45) is 0 Å². The maximum absolute atomic E-state index is 13.0. The van der Waals surface area contributed by atoms with Crippen LogP contribution in [-0.2, 0) is 15.4 Å². The summed E-state index contributed by atoms with van der Waals surface area (Å²) in [5.74, 6) is 1.69. The minimum absolute atomic E-state index is 0.0643. The number of hydrogen-bond donors (Lipinski definition) is 1. The van der Waals surface area contributed by atoms with Crippen LogP contribution in [0.15, 0.2) is 39.0 Å². The average Bonchev–Trinajstić information content (AvgIpc) is 3.35. The van der Waals surface area contributed by atoms with Gasteiger partial charge in [-0.25, -0.2) is 13.4 Å². The molecule has 1 N–H and O–H groups in total. The highest BCUT2D eigenvalue weighted by molar-refractivity contribution is 7.99. The molecule has 2 aromatic heterocycles. The van der Waals surface area contributed by atoms with E-state index in [1.165, 1.54) is 10.4 Å². The van der Waals surface area contributed by atoms with Crippen molar-refractivity contribution in [1.29, 1.82) is 0 Å². The number of thioether (sulfide) groups is 1. The molecule has 1 aliphatic heterocycles. The molecule has 0 saturated carbocycles. The van der Waals surface area contributed by atoms with Gasteiger partial charge >= 0.3 is 0 Å². The predicted octanol–water partition coefficient (Wildman–Crippen LogP) is 4.18. The summed E-state index contributed by atoms with van der Waals surface area (Å²) in [7, 11) is -3.69. The first kappa shape index (κ1) is 21.4. The van der Waals surface area contributed by atoms with Gasteiger partial charge in [-0.15, -0.1) is 11.3 Å². The molecule has 0 atom stereocenters. The molecule has 0 aliphatic carbocycles. The van der Waals surface area contributed by atoms with Crippen LogP contribution in [0.25, 0.3) is 11.1 Å². The number of oxazole rings is 1. The van der Waals surface area contributed by atoms with Crippen LogP contribution in [0.2, 0.25) is 0 Å². The zero-order valence-electron chi connectivity index (χ0n) is 17.0. The molecule has 0 radical (unpaired) electrons. The number of aromatic nitrogens is 1. The molecule has 4 rings (SSSR count). The van der Waals surface area contributed by atoms with E-state index in [1.807, 2.05) is 20.8 Å². The second-order valence-corrected chi connectivity index (χ2v) is 12.1. The summed E-state index contributed by atoms with van der Waals surface area (Å²) in [6.07, 6.45) is 0. The summed E-state index contributed by atoms with van der Waals surface area (Å²) in [5, 5.41) is 4.44. The molecule has 1 amide bonds. The zero-order valence-corrected chi connectivity index (χ0v) is 19.4. The van der Waals surface area contributed by atoms with Gasteiger partial charge in [0.2, 0.25) is 15.9 Å². The third-order valence-electron chi connectivity index (χ3n) is 4.71. The lowest BCUT2D eigenvalue weighted by molar-refractivity contribution is 0.102. The van der Waals surface area contributed by atoms with Crippen molar-refractivity contribution in [3.8, 4) is 0 Å². The Bertz CT molecular complexity index is 1190. The summed E-state index contributed by atoms with van der Waals surface area (Å²) in [6, 6.07) is 6.72. The number of hydrogen-bond acceptors (Lipinski definition) is 7. The number of rotatable bonds is 4. The number of fused-ring (bicyclic) bond motifs is 1. The Kier molecular flexibility index (Phi) is 5.69. The third kappa shape index (κ3) is 4.14. The van der Waals surface area contributed by atoms with Crippen molar-refractivity contribution in [1.82, 2.24) is 9.29 Å². The molecular weight excluding hydrogens is 442 g/mol. The van der Waals surface area contributed by atoms with Crippen molar-refractivity contribution < 1.29 is 17.6 Å². The van der Waals surface area contributed by atoms with Gasteiger partial charge in [0, 0.05) is 35.7 Å². The summed E-state index contributed by atoms with van der Waals surface area (Å²) >= 11 is 2.85. The largest absolute Gasteiger partial charge is 0.440 e. The van der Waals surface area contributed by atoms with Crippen LogP contribution in [-0.4, -0.2) is 48.2 Å². The van der Waals surface area contributed by atoms with Crippen LogP contribution in [0.3, 0.4) is 0 Å². The summed E-state index contributed by atoms with van der Waals surface area (Å²) in [6.45, 7) is 6.96. The van der Waals surface area contributed by atoms with Gasteiger partial charge in [-0.3, -0.25) is 4.79 Å². The molecule has 1 fully saturated rings. The van der Waals surface area contributed by atoms with E-state index in [9.17, 15) is 13.2 Å². The van der Waals surface area contributed by atoms with E-state index in [1.54, 1.807) is 35.3 Å². The molecule has 0 unspecified atom stereocenters. The van der Waals surface area contributed by atoms with Crippen LogP contribution in [0, 0.1) is 0 Å². The van der Waals surface area contributed by atoms with E-state index in [4.69, 9.17) is 4.42 Å². The van der Waals surface area contributed by atoms with Crippen molar-refractivity contribution >= 4 is 55.8 Å². The van der Waals surface area contributed by atoms with Crippen molar-refractivity contribution in [2.75, 3.05) is 29.9 Å². The number of thiophene rings is 1. The van der Waals surface area contributed by atoms with Gasteiger partial charge in [0.1, 0.15) is 15.3 Å². The summed E-state index contributed by atoms with van der Waals surface area (Å²) in [5.41, 5.74) is 1.59. The number of anilines is 1. The number of amides is 1. The van der Waals surface area contributed by atoms with Gasteiger partial charge in [0.05, 0.1) is 0 Å². The Hall–Kier alpha value is -1.88. The highest BCUT2D eigenvalue weighted by Gasteiger charge is 2.31. The van der Waals surface area contributed by atoms with Gasteiger partial charge in [-0.1, -0.05) is 20.8 Å². The first-order valence-electron chi connectivity index (χ1n) is 9.54. The van der Waals surface area contributed by atoms with Crippen molar-refractivity contribution in [3.63, 3.8) is 0 Å². The van der Waals surface area contributed by atoms with Gasteiger partial charge in [-0.05, 0) is 29.6 Å². The number of nitrogens with one attached hydrogen (secondary N) is 1. The molecule has 3 heterocycles. The second kappa shape index (κ2) is 7.99. The standard InChI is InChI=1S/C20H23N3O4S3/c1-20(2,3)19-22-14-12-13(4-5-15(14)27-19)21-18(24)17-16(6-9-29-17)30(25,26)23-7-10-28-11-8-23/h4-6,9,12H,7-8,10-11H2,1-3H3,(H,21,24). The van der Waals surface area contributed by atoms with Gasteiger partial charge in [0.25, 0.3) is 5.91 Å². The molecule has 160 valence electrons. The minimum Gasteiger partial charge on any atom is -0.440 e. The van der Waals surface area contributed by atoms with Crippen molar-refractivity contribution in [3.05, 3.63) is 40.4 Å². The van der Waals surface area contributed by atoms with Crippen LogP contribution in [0.4, 0.5) is 5.69 Å². The molecule has 1 aliphatic rings. The second-order valence-electron chi connectivity index (χ2n) is 8.04. The van der Waals surface area contributed by atoms with Crippen LogP contribution in [0.5, 0.6) is 0 Å². The average molecular weight is 466 g/mol. The number of nitrogens with zero attached hydrogens (tertiary/aromatic N) is 2. The van der Waals surface area contributed by atoms with E-state index in [-0.39, 0.29) is 15.2 Å². The molecule has 3 aromatic rings. The third-order valence-corrected chi connectivity index (χ3v) is 8.64. The Morgan fingerprint density at radius 1 is 1.20 bits per heavy atom. The topological polar surface area (TPSA) is 92.5 Å². The molecular formula is C20H23N3O4S3. The molecule has 1 aromatic carbocycles. The highest BCUT2D eigenvalue weighted by Crippen LogP contribution is 2.30. The lowest BCUT2D eigenvalue weighted by Gasteiger charge is -2.25. The lowest BCUT2D eigenvalue weighted by atomic mass is 9.97. The molecule has 1 saturated heterocycles. The van der Waals surface area contributed by atoms with Crippen LogP contribution in [0.1, 0.15) is 36.3 Å². The van der Waals surface area contributed by atoms with Gasteiger partial charge in [0.15, 0.2) is 5.58 Å². The normalized spacial score (nSPS) is 16.1. The van der Waals surface area contributed by atoms with E-state index in [0.29, 0.717) is 35.8 Å². The van der Waals surface area contributed by atoms with Gasteiger partial charge in [-0.2, -0.15) is 16.1 Å². The smallest absolute Gasteiger partial charge is 0.267 e. The molecule has 10 heteroatoms. The summed E-state index contributed by atoms with van der Waals surface area (Å²) in [4.78, 5) is 17.7. The fourth-order valence-electron chi connectivity index (χ4n) is 3.11. The van der Waals surface area contributed by atoms with Crippen molar-refractivity contribution in [2.45, 2.75) is 31.1 Å². The van der Waals surface area contributed by atoms with E-state index < -0.39 is 15.9 Å². The first-order valence-corrected chi connectivity index (χ1v) is 13.0. The molecule has 0 spiro atoms. The Labute approximate surface area is 183 Å². The lowest BCUT2D eigenvalue weighted by Crippen LogP contribution is -2.38. The fraction of sp³-hybridized carbons (Fsp3) is 0.400. The maximum atomic E-state index is 13.0. The van der Waals surface area contributed by atoms with Crippen LogP contribution < -0.4 is 5.32 Å². The highest BCUT2D eigenvalue weighted by atomic mass is 32.2. The summed E-state index contributed by atoms with van der Waals surface area (Å²) < 4.78 is 33.3. The Balaban J connectivity index is 1.58. The SMILES string of the molecule is CC(C)(C)c1nc2cc(NC(=O)c3sccc3S(=O)(=O)N3CCSCC3)ccc2o1. The monoisotopic (exact) mass is 465 g/mol. The number of sulfonamides is 1. The Morgan fingerprint density at radius 3 is 2.63 bits per heavy atom. The van der Waals surface area contributed by atoms with E-state index in [2.05, 4.69) is 10.3 Å².